The molecule has 0 aromatic carbocycles. The highest BCUT2D eigenvalue weighted by Crippen LogP contribution is 2.33. The third kappa shape index (κ3) is 2.82. The van der Waals surface area contributed by atoms with Crippen LogP contribution in [0, 0.1) is 5.92 Å². The normalized spacial score (nSPS) is 27.8. The Balaban J connectivity index is 2.41. The molecule has 22 heavy (non-hydrogen) atoms. The zero-order valence-corrected chi connectivity index (χ0v) is 12.3. The highest BCUT2D eigenvalue weighted by atomic mass is 16.5. The summed E-state index contributed by atoms with van der Waals surface area (Å²) in [5.41, 5.74) is 4.81. The Hall–Kier alpha value is -1.97. The van der Waals surface area contributed by atoms with Gasteiger partial charge in [-0.1, -0.05) is 6.92 Å². The third-order valence-corrected chi connectivity index (χ3v) is 3.61. The van der Waals surface area contributed by atoms with E-state index >= 15 is 0 Å². The van der Waals surface area contributed by atoms with Gasteiger partial charge in [0.2, 0.25) is 0 Å². The first kappa shape index (κ1) is 16.4. The lowest BCUT2D eigenvalue weighted by Gasteiger charge is -2.19. The summed E-state index contributed by atoms with van der Waals surface area (Å²) in [5, 5.41) is 19.1. The summed E-state index contributed by atoms with van der Waals surface area (Å²) in [5.74, 6) is -1.41. The van der Waals surface area contributed by atoms with E-state index in [4.69, 9.17) is 20.3 Å². The number of nitrogens with two attached hydrogens (primary N) is 1. The second-order valence-corrected chi connectivity index (χ2v) is 5.05. The van der Waals surface area contributed by atoms with Crippen molar-refractivity contribution >= 4 is 11.8 Å². The number of carbonyl (C=O) groups is 1. The maximum atomic E-state index is 12.0. The van der Waals surface area contributed by atoms with Gasteiger partial charge in [-0.15, -0.1) is 0 Å². The highest BCUT2D eigenvalue weighted by molar-refractivity contribution is 5.93. The predicted octanol–water partition coefficient (Wildman–Crippen LogP) is -1.11. The Bertz CT molecular complexity index is 616. The molecule has 0 amide bonds. The summed E-state index contributed by atoms with van der Waals surface area (Å²) in [6.45, 7) is 3.07. The van der Waals surface area contributed by atoms with Crippen molar-refractivity contribution in [3.8, 4) is 0 Å². The molecular weight excluding hydrogens is 294 g/mol. The number of anilines is 1. The lowest BCUT2D eigenvalue weighted by atomic mass is 10.0. The number of carbonyl (C=O) groups excluding carboxylic acids is 1. The fraction of sp³-hybridized carbons (Fsp3) is 0.615. The number of ether oxygens (including phenoxy) is 2. The molecule has 1 aromatic rings. The minimum Gasteiger partial charge on any atom is -0.462 e. The predicted molar refractivity (Wildman–Crippen MR) is 75.0 cm³/mol. The standard InChI is InChI=1S/C13H19N3O6/c1-3-21-12(19)7-4-16(13(20)15-10(7)14)11-6(2)9(18)8(5-17)22-11/h4,6,8-9,11,17-18H,3,5H2,1-2H3,(H2,14,15,20)/t6-,8-,9+,11-/m1/s1. The fourth-order valence-corrected chi connectivity index (χ4v) is 2.39. The van der Waals surface area contributed by atoms with Gasteiger partial charge in [0.25, 0.3) is 0 Å². The van der Waals surface area contributed by atoms with Crippen LogP contribution in [0.2, 0.25) is 0 Å². The van der Waals surface area contributed by atoms with Crippen LogP contribution in [0.25, 0.3) is 0 Å². The van der Waals surface area contributed by atoms with Gasteiger partial charge in [0.1, 0.15) is 23.7 Å². The number of esters is 1. The molecule has 1 aliphatic heterocycles. The Kier molecular flexibility index (Phi) is 4.79. The van der Waals surface area contributed by atoms with E-state index in [0.717, 1.165) is 4.57 Å². The molecule has 1 aromatic heterocycles. The topological polar surface area (TPSA) is 137 Å². The first-order chi connectivity index (χ1) is 10.4. The van der Waals surface area contributed by atoms with Gasteiger partial charge in [-0.2, -0.15) is 4.98 Å². The number of rotatable bonds is 4. The van der Waals surface area contributed by atoms with Gasteiger partial charge in [-0.05, 0) is 6.92 Å². The van der Waals surface area contributed by atoms with Crippen LogP contribution in [0.4, 0.5) is 5.82 Å². The summed E-state index contributed by atoms with van der Waals surface area (Å²) in [7, 11) is 0. The molecule has 0 aliphatic carbocycles. The van der Waals surface area contributed by atoms with Crippen LogP contribution in [0.5, 0.6) is 0 Å². The molecule has 1 saturated heterocycles. The van der Waals surface area contributed by atoms with Crippen LogP contribution in [0.15, 0.2) is 11.0 Å². The van der Waals surface area contributed by atoms with Crippen molar-refractivity contribution in [1.82, 2.24) is 9.55 Å². The van der Waals surface area contributed by atoms with Gasteiger partial charge in [0.15, 0.2) is 0 Å². The van der Waals surface area contributed by atoms with Crippen LogP contribution in [-0.2, 0) is 9.47 Å². The van der Waals surface area contributed by atoms with Gasteiger partial charge in [-0.25, -0.2) is 9.59 Å². The minimum absolute atomic E-state index is 0.0563. The SMILES string of the molecule is CCOC(=O)c1cn([C@@H]2O[C@H](CO)[C@@H](O)[C@H]2C)c(=O)nc1N. The zero-order chi connectivity index (χ0) is 16.4. The maximum absolute atomic E-state index is 12.0. The lowest BCUT2D eigenvalue weighted by molar-refractivity contribution is -0.0477. The monoisotopic (exact) mass is 313 g/mol. The van der Waals surface area contributed by atoms with E-state index in [0.29, 0.717) is 0 Å². The fourth-order valence-electron chi connectivity index (χ4n) is 2.39. The van der Waals surface area contributed by atoms with E-state index < -0.39 is 36.0 Å². The van der Waals surface area contributed by atoms with Gasteiger partial charge in [-0.3, -0.25) is 4.57 Å². The maximum Gasteiger partial charge on any atom is 0.351 e. The van der Waals surface area contributed by atoms with Crippen molar-refractivity contribution < 1.29 is 24.5 Å². The molecule has 1 aliphatic rings. The largest absolute Gasteiger partial charge is 0.462 e. The Morgan fingerprint density at radius 1 is 1.59 bits per heavy atom. The number of aliphatic hydroxyl groups excluding tert-OH is 2. The molecule has 0 bridgehead atoms. The molecule has 0 spiro atoms. The van der Waals surface area contributed by atoms with Crippen molar-refractivity contribution in [3.63, 3.8) is 0 Å². The number of hydrogen-bond acceptors (Lipinski definition) is 8. The average Bonchev–Trinajstić information content (AvgIpc) is 2.75. The van der Waals surface area contributed by atoms with E-state index in [1.807, 2.05) is 0 Å². The van der Waals surface area contributed by atoms with E-state index in [1.54, 1.807) is 13.8 Å². The molecule has 1 fully saturated rings. The quantitative estimate of drug-likeness (QED) is 0.595. The van der Waals surface area contributed by atoms with Gasteiger partial charge < -0.3 is 25.4 Å². The van der Waals surface area contributed by atoms with Crippen LogP contribution in [-0.4, -0.2) is 51.2 Å². The molecule has 2 rings (SSSR count). The third-order valence-electron chi connectivity index (χ3n) is 3.61. The number of nitrogen functional groups attached to an aromatic ring is 1. The van der Waals surface area contributed by atoms with Crippen molar-refractivity contribution in [2.75, 3.05) is 18.9 Å². The summed E-state index contributed by atoms with van der Waals surface area (Å²) in [4.78, 5) is 27.4. The summed E-state index contributed by atoms with van der Waals surface area (Å²) >= 11 is 0. The van der Waals surface area contributed by atoms with Gasteiger partial charge in [0, 0.05) is 12.1 Å². The minimum atomic E-state index is -0.939. The smallest absolute Gasteiger partial charge is 0.351 e. The van der Waals surface area contributed by atoms with Gasteiger partial charge >= 0.3 is 11.7 Å². The Morgan fingerprint density at radius 2 is 2.27 bits per heavy atom. The van der Waals surface area contributed by atoms with Crippen LogP contribution < -0.4 is 11.4 Å². The highest BCUT2D eigenvalue weighted by Gasteiger charge is 2.42. The number of aromatic nitrogens is 2. The molecule has 122 valence electrons. The zero-order valence-electron chi connectivity index (χ0n) is 12.3. The summed E-state index contributed by atoms with van der Waals surface area (Å²) in [6.07, 6.45) is -1.40. The lowest BCUT2D eigenvalue weighted by Crippen LogP contribution is -2.32. The second-order valence-electron chi connectivity index (χ2n) is 5.05. The molecule has 4 atom stereocenters. The Morgan fingerprint density at radius 3 is 2.82 bits per heavy atom. The molecule has 0 saturated carbocycles. The number of aliphatic hydroxyl groups is 2. The van der Waals surface area contributed by atoms with E-state index in [9.17, 15) is 14.7 Å². The molecular formula is C13H19N3O6. The molecule has 9 nitrogen and oxygen atoms in total. The molecule has 0 unspecified atom stereocenters. The van der Waals surface area contributed by atoms with Crippen LogP contribution in [0.3, 0.4) is 0 Å². The first-order valence-corrected chi connectivity index (χ1v) is 6.90. The van der Waals surface area contributed by atoms with E-state index in [1.165, 1.54) is 6.20 Å². The van der Waals surface area contributed by atoms with E-state index in [-0.39, 0.29) is 24.6 Å². The van der Waals surface area contributed by atoms with Crippen molar-refractivity contribution in [2.24, 2.45) is 5.92 Å². The summed E-state index contributed by atoms with van der Waals surface area (Å²) in [6, 6.07) is 0. The van der Waals surface area contributed by atoms with E-state index in [2.05, 4.69) is 4.98 Å². The molecule has 0 radical (unpaired) electrons. The Labute approximate surface area is 126 Å². The number of nitrogens with zero attached hydrogens (tertiary/aromatic N) is 2. The average molecular weight is 313 g/mol. The number of hydrogen-bond donors (Lipinski definition) is 3. The second kappa shape index (κ2) is 6.42. The molecule has 9 heteroatoms. The van der Waals surface area contributed by atoms with Crippen molar-refractivity contribution in [2.45, 2.75) is 32.3 Å². The van der Waals surface area contributed by atoms with Crippen molar-refractivity contribution in [1.29, 1.82) is 0 Å². The molecule has 4 N–H and O–H groups in total. The van der Waals surface area contributed by atoms with Crippen molar-refractivity contribution in [3.05, 3.63) is 22.2 Å². The summed E-state index contributed by atoms with van der Waals surface area (Å²) < 4.78 is 11.4. The van der Waals surface area contributed by atoms with Crippen LogP contribution >= 0.6 is 0 Å². The molecule has 2 heterocycles. The first-order valence-electron chi connectivity index (χ1n) is 6.90. The van der Waals surface area contributed by atoms with Gasteiger partial charge in [0.05, 0.1) is 19.3 Å². The van der Waals surface area contributed by atoms with Crippen LogP contribution in [0.1, 0.15) is 30.4 Å².